The first kappa shape index (κ1) is 22.5. The maximum Gasteiger partial charge on any atom is 0.0614 e. The van der Waals surface area contributed by atoms with Gasteiger partial charge in [0, 0.05) is 5.92 Å². The SMILES string of the molecule is CC(C)[C@H]1CC=C2[C@@H]3[C@@H](O)C[C@@H]4[C@@]5(C)CCCC(C)(C)[C@@H]5CC[C@@]4(C)[C@]3(C)CC[C@@]21C. The Morgan fingerprint density at radius 1 is 0.871 bits per heavy atom. The molecule has 0 amide bonds. The van der Waals surface area contributed by atoms with Gasteiger partial charge in [-0.25, -0.2) is 0 Å². The minimum atomic E-state index is -0.152. The average Bonchev–Trinajstić information content (AvgIpc) is 3.00. The van der Waals surface area contributed by atoms with E-state index in [2.05, 4.69) is 61.5 Å². The maximum absolute atomic E-state index is 11.9. The van der Waals surface area contributed by atoms with Gasteiger partial charge < -0.3 is 5.11 Å². The summed E-state index contributed by atoms with van der Waals surface area (Å²) < 4.78 is 0. The van der Waals surface area contributed by atoms with Crippen molar-refractivity contribution < 1.29 is 5.11 Å². The lowest BCUT2D eigenvalue weighted by atomic mass is 9.32. The second kappa shape index (κ2) is 6.64. The Balaban J connectivity index is 1.57. The molecule has 0 radical (unpaired) electrons. The summed E-state index contributed by atoms with van der Waals surface area (Å²) in [5.41, 5.74) is 3.44. The molecule has 0 aliphatic heterocycles. The van der Waals surface area contributed by atoms with Crippen LogP contribution >= 0.6 is 0 Å². The molecule has 0 heterocycles. The van der Waals surface area contributed by atoms with E-state index >= 15 is 0 Å². The first-order valence-corrected chi connectivity index (χ1v) is 13.7. The standard InChI is InChI=1S/C30H50O/c1-19(2)20-10-11-21-25-22(31)18-24-28(6)14-9-13-26(3,4)23(28)12-15-29(24,7)30(25,8)17-16-27(20,21)5/h11,19-20,22-25,31H,9-10,12-18H2,1-8H3/t20-,22+,23+,24-,25-,27-,28+,29-,30-/m1/s1. The topological polar surface area (TPSA) is 20.2 Å². The van der Waals surface area contributed by atoms with Crippen molar-refractivity contribution in [2.24, 2.45) is 56.7 Å². The normalized spacial score (nSPS) is 55.7. The van der Waals surface area contributed by atoms with Gasteiger partial charge in [0.2, 0.25) is 0 Å². The van der Waals surface area contributed by atoms with Gasteiger partial charge >= 0.3 is 0 Å². The Hall–Kier alpha value is -0.300. The molecule has 5 rings (SSSR count). The van der Waals surface area contributed by atoms with Crippen molar-refractivity contribution >= 4 is 0 Å². The lowest BCUT2D eigenvalue weighted by Crippen LogP contribution is -2.67. The van der Waals surface area contributed by atoms with Crippen LogP contribution in [0.25, 0.3) is 0 Å². The molecule has 0 spiro atoms. The number of hydrogen-bond donors (Lipinski definition) is 1. The van der Waals surface area contributed by atoms with E-state index in [4.69, 9.17) is 0 Å². The lowest BCUT2D eigenvalue weighted by Gasteiger charge is -2.72. The first-order valence-electron chi connectivity index (χ1n) is 13.7. The summed E-state index contributed by atoms with van der Waals surface area (Å²) >= 11 is 0. The largest absolute Gasteiger partial charge is 0.392 e. The number of hydrogen-bond acceptors (Lipinski definition) is 1. The second-order valence-electron chi connectivity index (χ2n) is 14.8. The zero-order valence-electron chi connectivity index (χ0n) is 21.9. The quantitative estimate of drug-likeness (QED) is 0.421. The molecule has 1 nitrogen and oxygen atoms in total. The number of rotatable bonds is 1. The third-order valence-electron chi connectivity index (χ3n) is 13.0. The summed E-state index contributed by atoms with van der Waals surface area (Å²) in [6, 6.07) is 0. The molecule has 0 bridgehead atoms. The Labute approximate surface area is 192 Å². The van der Waals surface area contributed by atoms with Gasteiger partial charge in [0.05, 0.1) is 6.10 Å². The molecule has 4 fully saturated rings. The molecule has 4 saturated carbocycles. The van der Waals surface area contributed by atoms with Gasteiger partial charge in [0.15, 0.2) is 0 Å². The Morgan fingerprint density at radius 3 is 2.26 bits per heavy atom. The highest BCUT2D eigenvalue weighted by atomic mass is 16.3. The molecule has 1 N–H and O–H groups in total. The summed E-state index contributed by atoms with van der Waals surface area (Å²) in [4.78, 5) is 0. The summed E-state index contributed by atoms with van der Waals surface area (Å²) in [5, 5.41) is 11.9. The number of aliphatic hydroxyl groups excluding tert-OH is 1. The van der Waals surface area contributed by atoms with Crippen molar-refractivity contribution in [3.8, 4) is 0 Å². The average molecular weight is 427 g/mol. The molecular formula is C30H50O. The molecule has 9 atom stereocenters. The van der Waals surface area contributed by atoms with Crippen LogP contribution in [0.2, 0.25) is 0 Å². The van der Waals surface area contributed by atoms with Crippen LogP contribution in [-0.4, -0.2) is 11.2 Å². The van der Waals surface area contributed by atoms with E-state index < -0.39 is 0 Å². The number of allylic oxidation sites excluding steroid dienone is 1. The molecular weight excluding hydrogens is 376 g/mol. The fourth-order valence-corrected chi connectivity index (χ4v) is 11.3. The van der Waals surface area contributed by atoms with Crippen molar-refractivity contribution in [2.45, 2.75) is 119 Å². The first-order chi connectivity index (χ1) is 14.3. The lowest BCUT2D eigenvalue weighted by molar-refractivity contribution is -0.237. The molecule has 0 aromatic rings. The van der Waals surface area contributed by atoms with Crippen LogP contribution in [0.4, 0.5) is 0 Å². The third-order valence-corrected chi connectivity index (χ3v) is 13.0. The molecule has 5 aliphatic rings. The predicted molar refractivity (Wildman–Crippen MR) is 131 cm³/mol. The molecule has 5 aliphatic carbocycles. The highest BCUT2D eigenvalue weighted by molar-refractivity contribution is 5.34. The summed E-state index contributed by atoms with van der Waals surface area (Å²) in [6.07, 6.45) is 14.3. The smallest absolute Gasteiger partial charge is 0.0614 e. The highest BCUT2D eigenvalue weighted by Gasteiger charge is 2.70. The van der Waals surface area contributed by atoms with Crippen molar-refractivity contribution in [3.05, 3.63) is 11.6 Å². The van der Waals surface area contributed by atoms with Crippen molar-refractivity contribution in [2.75, 3.05) is 0 Å². The van der Waals surface area contributed by atoms with E-state index in [1.54, 1.807) is 5.57 Å². The molecule has 31 heavy (non-hydrogen) atoms. The Kier molecular flexibility index (Phi) is 4.82. The maximum atomic E-state index is 11.9. The number of aliphatic hydroxyl groups is 1. The molecule has 176 valence electrons. The molecule has 0 unspecified atom stereocenters. The van der Waals surface area contributed by atoms with Crippen LogP contribution in [0.5, 0.6) is 0 Å². The van der Waals surface area contributed by atoms with Gasteiger partial charge in [-0.3, -0.25) is 0 Å². The summed E-state index contributed by atoms with van der Waals surface area (Å²) in [6.45, 7) is 20.4. The summed E-state index contributed by atoms with van der Waals surface area (Å²) in [7, 11) is 0. The van der Waals surface area contributed by atoms with Crippen LogP contribution < -0.4 is 0 Å². The van der Waals surface area contributed by atoms with E-state index in [-0.39, 0.29) is 11.5 Å². The molecule has 0 aromatic carbocycles. The fourth-order valence-electron chi connectivity index (χ4n) is 11.3. The van der Waals surface area contributed by atoms with E-state index in [9.17, 15) is 5.11 Å². The van der Waals surface area contributed by atoms with Crippen molar-refractivity contribution in [1.29, 1.82) is 0 Å². The predicted octanol–water partition coefficient (Wildman–Crippen LogP) is 8.02. The minimum absolute atomic E-state index is 0.152. The zero-order valence-corrected chi connectivity index (χ0v) is 21.9. The van der Waals surface area contributed by atoms with Gasteiger partial charge in [0.25, 0.3) is 0 Å². The summed E-state index contributed by atoms with van der Waals surface area (Å²) in [5.74, 6) is 3.36. The Morgan fingerprint density at radius 2 is 1.58 bits per heavy atom. The van der Waals surface area contributed by atoms with E-state index in [0.29, 0.717) is 33.5 Å². The molecule has 0 aromatic heterocycles. The van der Waals surface area contributed by atoms with Crippen LogP contribution in [0.1, 0.15) is 113 Å². The number of fused-ring (bicyclic) bond motifs is 7. The van der Waals surface area contributed by atoms with E-state index in [1.165, 1.54) is 51.4 Å². The molecule has 0 saturated heterocycles. The monoisotopic (exact) mass is 426 g/mol. The second-order valence-corrected chi connectivity index (χ2v) is 14.8. The van der Waals surface area contributed by atoms with Gasteiger partial charge in [0.1, 0.15) is 0 Å². The Bertz CT molecular complexity index is 777. The van der Waals surface area contributed by atoms with E-state index in [1.807, 2.05) is 0 Å². The van der Waals surface area contributed by atoms with Gasteiger partial charge in [-0.15, -0.1) is 0 Å². The van der Waals surface area contributed by atoms with Crippen molar-refractivity contribution in [1.82, 2.24) is 0 Å². The van der Waals surface area contributed by atoms with Crippen LogP contribution in [0.3, 0.4) is 0 Å². The zero-order chi connectivity index (χ0) is 22.6. The van der Waals surface area contributed by atoms with Crippen molar-refractivity contribution in [3.63, 3.8) is 0 Å². The van der Waals surface area contributed by atoms with E-state index in [0.717, 1.165) is 24.2 Å². The van der Waals surface area contributed by atoms with Crippen LogP contribution in [0, 0.1) is 56.7 Å². The van der Waals surface area contributed by atoms with Gasteiger partial charge in [-0.1, -0.05) is 73.5 Å². The van der Waals surface area contributed by atoms with Gasteiger partial charge in [-0.05, 0) is 102 Å². The van der Waals surface area contributed by atoms with Crippen LogP contribution in [0.15, 0.2) is 11.6 Å². The third kappa shape index (κ3) is 2.65. The highest BCUT2D eigenvalue weighted by Crippen LogP contribution is 2.76. The minimum Gasteiger partial charge on any atom is -0.392 e. The van der Waals surface area contributed by atoms with Crippen LogP contribution in [-0.2, 0) is 0 Å². The molecule has 1 heteroatoms. The van der Waals surface area contributed by atoms with Gasteiger partial charge in [-0.2, -0.15) is 0 Å². The fraction of sp³-hybridized carbons (Fsp3) is 0.933.